The van der Waals surface area contributed by atoms with E-state index in [-0.39, 0.29) is 0 Å². The van der Waals surface area contributed by atoms with Crippen LogP contribution >= 0.6 is 0 Å². The molecule has 0 saturated carbocycles. The normalized spacial score (nSPS) is 16.0. The molecule has 0 aliphatic heterocycles. The molecule has 1 nitrogen and oxygen atoms in total. The van der Waals surface area contributed by atoms with E-state index in [2.05, 4.69) is 163 Å². The zero-order valence-electron chi connectivity index (χ0n) is 25.2. The lowest BCUT2D eigenvalue weighted by molar-refractivity contribution is 0.791. The van der Waals surface area contributed by atoms with Crippen molar-refractivity contribution >= 4 is 22.5 Å². The van der Waals surface area contributed by atoms with E-state index in [0.29, 0.717) is 5.92 Å². The Balaban J connectivity index is 1.36. The largest absolute Gasteiger partial charge is 0.314 e. The van der Waals surface area contributed by atoms with Gasteiger partial charge in [-0.05, 0) is 111 Å². The summed E-state index contributed by atoms with van der Waals surface area (Å²) in [6, 6.07) is 56.0. The molecule has 1 atom stereocenters. The molecule has 0 heterocycles. The highest BCUT2D eigenvalue weighted by Crippen LogP contribution is 2.51. The molecule has 3 aliphatic rings. The van der Waals surface area contributed by atoms with Crippen molar-refractivity contribution in [2.24, 2.45) is 0 Å². The summed E-state index contributed by atoms with van der Waals surface area (Å²) in [5.41, 5.74) is 19.0. The van der Waals surface area contributed by atoms with Crippen LogP contribution in [0.25, 0.3) is 33.4 Å². The van der Waals surface area contributed by atoms with Gasteiger partial charge in [0.1, 0.15) is 0 Å². The molecule has 9 rings (SSSR count). The smallest absolute Gasteiger partial charge is 0.0458 e. The van der Waals surface area contributed by atoms with Crippen molar-refractivity contribution in [3.63, 3.8) is 0 Å². The molecule has 6 aromatic carbocycles. The van der Waals surface area contributed by atoms with Crippen LogP contribution in [-0.2, 0) is 6.42 Å². The highest BCUT2D eigenvalue weighted by Gasteiger charge is 2.33. The van der Waals surface area contributed by atoms with Gasteiger partial charge in [-0.1, -0.05) is 127 Å². The molecule has 214 valence electrons. The average molecular weight is 576 g/mol. The van der Waals surface area contributed by atoms with E-state index in [4.69, 9.17) is 0 Å². The van der Waals surface area contributed by atoms with Gasteiger partial charge in [-0.15, -0.1) is 0 Å². The maximum atomic E-state index is 2.50. The second-order valence-corrected chi connectivity index (χ2v) is 12.3. The summed E-state index contributed by atoms with van der Waals surface area (Å²) in [6.07, 6.45) is 5.45. The lowest BCUT2D eigenvalue weighted by Gasteiger charge is -2.35. The molecule has 45 heavy (non-hydrogen) atoms. The SMILES string of the molecule is C1=C(N(c2ccccc2)c2ccccc2)CCC2=C1c1ccccc1-c1ccccc1C1Cc3c2cccc3-c2ccccc21. The third-order valence-corrected chi connectivity index (χ3v) is 9.96. The summed E-state index contributed by atoms with van der Waals surface area (Å²) in [4.78, 5) is 2.45. The predicted molar refractivity (Wildman–Crippen MR) is 188 cm³/mol. The first kappa shape index (κ1) is 26.0. The number of rotatable bonds is 3. The zero-order chi connectivity index (χ0) is 29.7. The number of hydrogen-bond donors (Lipinski definition) is 0. The highest BCUT2D eigenvalue weighted by atomic mass is 15.1. The molecule has 3 aliphatic carbocycles. The van der Waals surface area contributed by atoms with Crippen LogP contribution in [-0.4, -0.2) is 0 Å². The van der Waals surface area contributed by atoms with Gasteiger partial charge in [0.2, 0.25) is 0 Å². The van der Waals surface area contributed by atoms with Crippen LogP contribution < -0.4 is 4.90 Å². The Morgan fingerprint density at radius 2 is 0.933 bits per heavy atom. The first-order valence-electron chi connectivity index (χ1n) is 16.1. The van der Waals surface area contributed by atoms with Gasteiger partial charge in [-0.25, -0.2) is 0 Å². The Kier molecular flexibility index (Phi) is 6.16. The first-order valence-corrected chi connectivity index (χ1v) is 16.1. The summed E-state index contributed by atoms with van der Waals surface area (Å²) in [6.45, 7) is 0. The van der Waals surface area contributed by atoms with Gasteiger partial charge in [0.15, 0.2) is 0 Å². The van der Waals surface area contributed by atoms with E-state index in [1.54, 1.807) is 0 Å². The lowest BCUT2D eigenvalue weighted by Crippen LogP contribution is -2.20. The van der Waals surface area contributed by atoms with Crippen LogP contribution in [0, 0.1) is 0 Å². The summed E-state index contributed by atoms with van der Waals surface area (Å²) in [7, 11) is 0. The van der Waals surface area contributed by atoms with Crippen LogP contribution in [0.15, 0.2) is 163 Å². The fourth-order valence-corrected chi connectivity index (χ4v) is 8.02. The molecule has 0 saturated heterocycles. The third-order valence-electron chi connectivity index (χ3n) is 9.96. The number of anilines is 2. The second kappa shape index (κ2) is 10.6. The van der Waals surface area contributed by atoms with Crippen LogP contribution in [0.1, 0.15) is 46.6 Å². The number of nitrogens with zero attached hydrogens (tertiary/aromatic N) is 1. The van der Waals surface area contributed by atoms with E-state index in [0.717, 1.165) is 19.3 Å². The van der Waals surface area contributed by atoms with Gasteiger partial charge in [-0.3, -0.25) is 0 Å². The molecule has 0 fully saturated rings. The standard InChI is InChI=1S/C44H33N/c1-3-14-30(15-4-1)45(31-16-5-2-6-17-31)32-26-27-41-40-25-13-24-39-35-20-9-12-23-38(35)43(29-44(39)40)37-22-11-8-19-34(37)33-18-7-10-21-36(33)42(41)28-32/h1-25,28,43H,26-27,29H2. The molecule has 0 N–H and O–H groups in total. The quantitative estimate of drug-likeness (QED) is 0.203. The minimum absolute atomic E-state index is 0.308. The molecule has 0 spiro atoms. The van der Waals surface area contributed by atoms with E-state index in [1.165, 1.54) is 78.3 Å². The van der Waals surface area contributed by atoms with Crippen molar-refractivity contribution in [3.8, 4) is 22.3 Å². The molecule has 0 aromatic heterocycles. The lowest BCUT2D eigenvalue weighted by atomic mass is 9.70. The number of para-hydroxylation sites is 2. The number of hydrogen-bond acceptors (Lipinski definition) is 1. The monoisotopic (exact) mass is 575 g/mol. The summed E-state index contributed by atoms with van der Waals surface area (Å²) < 4.78 is 0. The third kappa shape index (κ3) is 4.23. The Hall–Kier alpha value is -5.40. The first-order chi connectivity index (χ1) is 22.3. The summed E-state index contributed by atoms with van der Waals surface area (Å²) >= 11 is 0. The average Bonchev–Trinajstić information content (AvgIpc) is 3.12. The highest BCUT2D eigenvalue weighted by molar-refractivity contribution is 6.03. The van der Waals surface area contributed by atoms with E-state index in [1.807, 2.05) is 0 Å². The fraction of sp³-hybridized carbons (Fsp3) is 0.0909. The van der Waals surface area contributed by atoms with Crippen molar-refractivity contribution in [3.05, 3.63) is 191 Å². The molecule has 4 bridgehead atoms. The number of allylic oxidation sites excluding steroid dienone is 4. The van der Waals surface area contributed by atoms with Crippen LogP contribution in [0.2, 0.25) is 0 Å². The Morgan fingerprint density at radius 3 is 1.60 bits per heavy atom. The second-order valence-electron chi connectivity index (χ2n) is 12.3. The van der Waals surface area contributed by atoms with E-state index >= 15 is 0 Å². The van der Waals surface area contributed by atoms with E-state index in [9.17, 15) is 0 Å². The number of benzene rings is 6. The minimum Gasteiger partial charge on any atom is -0.314 e. The molecule has 1 unspecified atom stereocenters. The molecular weight excluding hydrogens is 542 g/mol. The summed E-state index contributed by atoms with van der Waals surface area (Å²) in [5, 5.41) is 0. The fourth-order valence-electron chi connectivity index (χ4n) is 8.02. The molecule has 6 aromatic rings. The molecule has 0 amide bonds. The number of fused-ring (bicyclic) bond motifs is 6. The van der Waals surface area contributed by atoms with Gasteiger partial charge < -0.3 is 4.90 Å². The maximum Gasteiger partial charge on any atom is 0.0458 e. The minimum atomic E-state index is 0.308. The van der Waals surface area contributed by atoms with Crippen LogP contribution in [0.5, 0.6) is 0 Å². The molecule has 0 radical (unpaired) electrons. The Bertz CT molecular complexity index is 2090. The topological polar surface area (TPSA) is 3.24 Å². The van der Waals surface area contributed by atoms with Gasteiger partial charge in [0.25, 0.3) is 0 Å². The predicted octanol–water partition coefficient (Wildman–Crippen LogP) is 11.4. The molecular formula is C44H33N. The van der Waals surface area contributed by atoms with E-state index < -0.39 is 0 Å². The zero-order valence-corrected chi connectivity index (χ0v) is 25.2. The van der Waals surface area contributed by atoms with Crippen molar-refractivity contribution < 1.29 is 0 Å². The maximum absolute atomic E-state index is 2.50. The van der Waals surface area contributed by atoms with Crippen molar-refractivity contribution in [1.82, 2.24) is 0 Å². The van der Waals surface area contributed by atoms with Crippen molar-refractivity contribution in [2.45, 2.75) is 25.2 Å². The van der Waals surface area contributed by atoms with Gasteiger partial charge >= 0.3 is 0 Å². The Morgan fingerprint density at radius 1 is 0.422 bits per heavy atom. The summed E-state index contributed by atoms with van der Waals surface area (Å²) in [5.74, 6) is 0.308. The van der Waals surface area contributed by atoms with Gasteiger partial charge in [-0.2, -0.15) is 0 Å². The van der Waals surface area contributed by atoms with Gasteiger partial charge in [0.05, 0.1) is 0 Å². The molecule has 1 heteroatoms. The van der Waals surface area contributed by atoms with Crippen molar-refractivity contribution in [1.29, 1.82) is 0 Å². The van der Waals surface area contributed by atoms with Crippen molar-refractivity contribution in [2.75, 3.05) is 4.90 Å². The Labute approximate surface area is 265 Å². The van der Waals surface area contributed by atoms with Crippen LogP contribution in [0.4, 0.5) is 11.4 Å². The van der Waals surface area contributed by atoms with Crippen LogP contribution in [0.3, 0.4) is 0 Å². The van der Waals surface area contributed by atoms with Gasteiger partial charge in [0, 0.05) is 23.0 Å².